The second kappa shape index (κ2) is 5.57. The third-order valence-electron chi connectivity index (χ3n) is 2.29. The number of rotatable bonds is 3. The summed E-state index contributed by atoms with van der Waals surface area (Å²) in [5.74, 6) is -2.23. The largest absolute Gasteiger partial charge is 0.451 e. The Balaban J connectivity index is 2.27. The summed E-state index contributed by atoms with van der Waals surface area (Å²) in [6.45, 7) is 0. The molecular weight excluding hydrogens is 311 g/mol. The molecule has 0 aliphatic heterocycles. The van der Waals surface area contributed by atoms with Gasteiger partial charge in [-0.3, -0.25) is 4.79 Å². The van der Waals surface area contributed by atoms with Crippen LogP contribution in [0.3, 0.4) is 0 Å². The lowest BCUT2D eigenvalue weighted by Gasteiger charge is -2.09. The number of hydrogen-bond acceptors (Lipinski definition) is 4. The van der Waals surface area contributed by atoms with Crippen LogP contribution in [-0.4, -0.2) is 15.9 Å². The molecule has 1 amide bonds. The molecule has 110 valence electrons. The van der Waals surface area contributed by atoms with Crippen LogP contribution in [0.1, 0.15) is 16.2 Å². The van der Waals surface area contributed by atoms with Crippen molar-refractivity contribution >= 4 is 17.5 Å². The molecule has 2 N–H and O–H groups in total. The molecule has 0 spiro atoms. The van der Waals surface area contributed by atoms with Crippen LogP contribution in [0.5, 0.6) is 11.6 Å². The van der Waals surface area contributed by atoms with E-state index in [1.807, 2.05) is 0 Å². The molecule has 0 unspecified atom stereocenters. The number of aromatic nitrogens is 2. The van der Waals surface area contributed by atoms with Crippen LogP contribution in [-0.2, 0) is 6.18 Å². The van der Waals surface area contributed by atoms with Crippen molar-refractivity contribution in [2.45, 2.75) is 6.18 Å². The number of carbonyl (C=O) groups excluding carboxylic acids is 1. The minimum atomic E-state index is -4.74. The van der Waals surface area contributed by atoms with E-state index in [1.54, 1.807) is 0 Å². The monoisotopic (exact) mass is 317 g/mol. The minimum absolute atomic E-state index is 0.169. The molecule has 0 fully saturated rings. The highest BCUT2D eigenvalue weighted by atomic mass is 35.5. The Morgan fingerprint density at radius 2 is 1.81 bits per heavy atom. The van der Waals surface area contributed by atoms with Crippen LogP contribution >= 0.6 is 11.6 Å². The van der Waals surface area contributed by atoms with Crippen molar-refractivity contribution in [2.75, 3.05) is 0 Å². The first kappa shape index (κ1) is 15.0. The van der Waals surface area contributed by atoms with Gasteiger partial charge < -0.3 is 10.5 Å². The highest BCUT2D eigenvalue weighted by molar-refractivity contribution is 6.29. The molecule has 0 saturated carbocycles. The summed E-state index contributed by atoms with van der Waals surface area (Å²) in [7, 11) is 0. The molecule has 0 saturated heterocycles. The second-order valence-corrected chi connectivity index (χ2v) is 4.23. The van der Waals surface area contributed by atoms with E-state index in [2.05, 4.69) is 9.97 Å². The Hall–Kier alpha value is -2.35. The van der Waals surface area contributed by atoms with E-state index in [4.69, 9.17) is 22.1 Å². The molecule has 2 aromatic rings. The van der Waals surface area contributed by atoms with Gasteiger partial charge in [0, 0.05) is 11.6 Å². The molecule has 0 aliphatic carbocycles. The number of nitrogens with two attached hydrogens (primary N) is 1. The Labute approximate surface area is 121 Å². The van der Waals surface area contributed by atoms with Crippen LogP contribution in [0, 0.1) is 0 Å². The van der Waals surface area contributed by atoms with Gasteiger partial charge in [-0.25, -0.2) is 4.98 Å². The van der Waals surface area contributed by atoms with E-state index in [1.165, 1.54) is 24.3 Å². The number of alkyl halides is 3. The Morgan fingerprint density at radius 1 is 1.19 bits per heavy atom. The SMILES string of the molecule is NC(=O)c1ccc(Oc2cc(Cl)nc(C(F)(F)F)n2)cc1. The van der Waals surface area contributed by atoms with Gasteiger partial charge in [0.2, 0.25) is 17.6 Å². The maximum Gasteiger partial charge on any atom is 0.451 e. The van der Waals surface area contributed by atoms with E-state index in [9.17, 15) is 18.0 Å². The number of halogens is 4. The van der Waals surface area contributed by atoms with Gasteiger partial charge in [-0.15, -0.1) is 0 Å². The fourth-order valence-electron chi connectivity index (χ4n) is 1.38. The minimum Gasteiger partial charge on any atom is -0.439 e. The number of benzene rings is 1. The molecule has 1 heterocycles. The molecule has 0 aliphatic rings. The molecule has 2 rings (SSSR count). The van der Waals surface area contributed by atoms with Gasteiger partial charge in [0.05, 0.1) is 0 Å². The first-order chi connectivity index (χ1) is 9.75. The quantitative estimate of drug-likeness (QED) is 0.883. The first-order valence-electron chi connectivity index (χ1n) is 5.45. The summed E-state index contributed by atoms with van der Waals surface area (Å²) in [5.41, 5.74) is 5.30. The Morgan fingerprint density at radius 3 is 2.33 bits per heavy atom. The number of amides is 1. The molecule has 5 nitrogen and oxygen atoms in total. The van der Waals surface area contributed by atoms with Gasteiger partial charge >= 0.3 is 6.18 Å². The smallest absolute Gasteiger partial charge is 0.439 e. The zero-order valence-corrected chi connectivity index (χ0v) is 10.9. The fraction of sp³-hybridized carbons (Fsp3) is 0.0833. The predicted octanol–water partition coefficient (Wildman–Crippen LogP) is 3.04. The number of hydrogen-bond donors (Lipinski definition) is 1. The van der Waals surface area contributed by atoms with Crippen molar-refractivity contribution in [3.8, 4) is 11.6 Å². The van der Waals surface area contributed by atoms with E-state index < -0.39 is 23.1 Å². The van der Waals surface area contributed by atoms with Crippen LogP contribution in [0.2, 0.25) is 5.15 Å². The average molecular weight is 318 g/mol. The average Bonchev–Trinajstić information content (AvgIpc) is 2.37. The third kappa shape index (κ3) is 3.82. The van der Waals surface area contributed by atoms with Gasteiger partial charge in [-0.1, -0.05) is 11.6 Å². The summed E-state index contributed by atoms with van der Waals surface area (Å²) in [5, 5.41) is -0.402. The fourth-order valence-corrected chi connectivity index (χ4v) is 1.56. The van der Waals surface area contributed by atoms with Crippen molar-refractivity contribution < 1.29 is 22.7 Å². The molecule has 21 heavy (non-hydrogen) atoms. The van der Waals surface area contributed by atoms with Gasteiger partial charge in [-0.2, -0.15) is 18.2 Å². The third-order valence-corrected chi connectivity index (χ3v) is 2.48. The molecule has 1 aromatic carbocycles. The molecule has 9 heteroatoms. The van der Waals surface area contributed by atoms with E-state index in [0.717, 1.165) is 6.07 Å². The standard InChI is InChI=1S/C12H7ClF3N3O2/c13-8-5-9(19-11(18-8)12(14,15)16)21-7-3-1-6(2-4-7)10(17)20/h1-5H,(H2,17,20). The lowest BCUT2D eigenvalue weighted by Crippen LogP contribution is -2.11. The maximum absolute atomic E-state index is 12.5. The first-order valence-corrected chi connectivity index (χ1v) is 5.83. The van der Waals surface area contributed by atoms with Crippen LogP contribution in [0.25, 0.3) is 0 Å². The Kier molecular flexibility index (Phi) is 3.99. The second-order valence-electron chi connectivity index (χ2n) is 3.84. The van der Waals surface area contributed by atoms with Gasteiger partial charge in [0.25, 0.3) is 0 Å². The predicted molar refractivity (Wildman–Crippen MR) is 67.1 cm³/mol. The van der Waals surface area contributed by atoms with Crippen molar-refractivity contribution in [3.05, 3.63) is 46.9 Å². The van der Waals surface area contributed by atoms with Crippen molar-refractivity contribution in [1.82, 2.24) is 9.97 Å². The highest BCUT2D eigenvalue weighted by Gasteiger charge is 2.35. The number of primary amides is 1. The summed E-state index contributed by atoms with van der Waals surface area (Å²) >= 11 is 5.50. The van der Waals surface area contributed by atoms with Crippen LogP contribution < -0.4 is 10.5 Å². The normalized spacial score (nSPS) is 11.2. The summed E-state index contributed by atoms with van der Waals surface area (Å²) < 4.78 is 42.8. The van der Waals surface area contributed by atoms with Crippen molar-refractivity contribution in [2.24, 2.45) is 5.73 Å². The number of carbonyl (C=O) groups is 1. The van der Waals surface area contributed by atoms with Gasteiger partial charge in [0.15, 0.2) is 0 Å². The summed E-state index contributed by atoms with van der Waals surface area (Å²) in [6.07, 6.45) is -4.74. The Bertz CT molecular complexity index is 674. The van der Waals surface area contributed by atoms with E-state index in [0.29, 0.717) is 0 Å². The summed E-state index contributed by atoms with van der Waals surface area (Å²) in [4.78, 5) is 17.2. The highest BCUT2D eigenvalue weighted by Crippen LogP contribution is 2.30. The zero-order valence-electron chi connectivity index (χ0n) is 10.2. The van der Waals surface area contributed by atoms with Crippen LogP contribution in [0.15, 0.2) is 30.3 Å². The number of ether oxygens (including phenoxy) is 1. The van der Waals surface area contributed by atoms with Gasteiger partial charge in [-0.05, 0) is 24.3 Å². The van der Waals surface area contributed by atoms with Crippen LogP contribution in [0.4, 0.5) is 13.2 Å². The maximum atomic E-state index is 12.5. The lowest BCUT2D eigenvalue weighted by atomic mass is 10.2. The molecule has 1 aromatic heterocycles. The molecule has 0 atom stereocenters. The lowest BCUT2D eigenvalue weighted by molar-refractivity contribution is -0.145. The zero-order chi connectivity index (χ0) is 15.6. The van der Waals surface area contributed by atoms with Gasteiger partial charge in [0.1, 0.15) is 10.9 Å². The van der Waals surface area contributed by atoms with Crippen molar-refractivity contribution in [3.63, 3.8) is 0 Å². The molecule has 0 radical (unpaired) electrons. The van der Waals surface area contributed by atoms with Crippen molar-refractivity contribution in [1.29, 1.82) is 0 Å². The topological polar surface area (TPSA) is 78.1 Å². The van der Waals surface area contributed by atoms with E-state index >= 15 is 0 Å². The molecular formula is C12H7ClF3N3O2. The number of nitrogens with zero attached hydrogens (tertiary/aromatic N) is 2. The molecule has 0 bridgehead atoms. The van der Waals surface area contributed by atoms with E-state index in [-0.39, 0.29) is 17.2 Å². The summed E-state index contributed by atoms with van der Waals surface area (Å²) in [6, 6.07) is 6.50.